The van der Waals surface area contributed by atoms with Crippen molar-refractivity contribution in [2.75, 3.05) is 6.54 Å². The molecule has 1 aromatic carbocycles. The summed E-state index contributed by atoms with van der Waals surface area (Å²) < 4.78 is 1.65. The normalized spacial score (nSPS) is 10.9. The minimum atomic E-state index is 0.0327. The van der Waals surface area contributed by atoms with E-state index >= 15 is 0 Å². The van der Waals surface area contributed by atoms with Crippen LogP contribution in [0.25, 0.3) is 10.9 Å². The van der Waals surface area contributed by atoms with E-state index in [0.29, 0.717) is 19.5 Å². The highest BCUT2D eigenvalue weighted by Crippen LogP contribution is 2.17. The number of H-pyrrole nitrogens is 1. The van der Waals surface area contributed by atoms with Crippen LogP contribution in [0.4, 0.5) is 0 Å². The number of rotatable bonds is 6. The van der Waals surface area contributed by atoms with Gasteiger partial charge in [0.2, 0.25) is 5.91 Å². The zero-order valence-electron chi connectivity index (χ0n) is 11.6. The topological polar surface area (TPSA) is 75.6 Å². The van der Waals surface area contributed by atoms with Crippen LogP contribution in [0.2, 0.25) is 0 Å². The Kier molecular flexibility index (Phi) is 3.95. The van der Waals surface area contributed by atoms with E-state index in [2.05, 4.69) is 32.5 Å². The number of carbonyl (C=O) groups excluding carboxylic acids is 1. The third-order valence-electron chi connectivity index (χ3n) is 3.43. The van der Waals surface area contributed by atoms with Crippen molar-refractivity contribution in [1.82, 2.24) is 25.1 Å². The summed E-state index contributed by atoms with van der Waals surface area (Å²) in [7, 11) is 0. The van der Waals surface area contributed by atoms with Gasteiger partial charge < -0.3 is 10.3 Å². The van der Waals surface area contributed by atoms with Gasteiger partial charge in [0.15, 0.2) is 0 Å². The van der Waals surface area contributed by atoms with Crippen molar-refractivity contribution in [1.29, 1.82) is 0 Å². The fraction of sp³-hybridized carbons (Fsp3) is 0.267. The van der Waals surface area contributed by atoms with E-state index in [1.54, 1.807) is 11.0 Å². The highest BCUT2D eigenvalue weighted by atomic mass is 16.1. The first-order chi connectivity index (χ1) is 10.3. The molecule has 0 bridgehead atoms. The Bertz CT molecular complexity index is 717. The minimum absolute atomic E-state index is 0.0327. The van der Waals surface area contributed by atoms with Gasteiger partial charge in [0.25, 0.3) is 0 Å². The molecule has 1 amide bonds. The first-order valence-corrected chi connectivity index (χ1v) is 6.97. The van der Waals surface area contributed by atoms with Crippen LogP contribution in [-0.2, 0) is 17.8 Å². The van der Waals surface area contributed by atoms with Gasteiger partial charge in [-0.15, -0.1) is 0 Å². The number of nitrogens with one attached hydrogen (secondary N) is 2. The van der Waals surface area contributed by atoms with Crippen molar-refractivity contribution in [3.05, 3.63) is 48.7 Å². The number of hydrogen-bond acceptors (Lipinski definition) is 3. The van der Waals surface area contributed by atoms with Crippen molar-refractivity contribution in [2.45, 2.75) is 19.4 Å². The number of carbonyl (C=O) groups is 1. The first-order valence-electron chi connectivity index (χ1n) is 6.97. The van der Waals surface area contributed by atoms with Crippen LogP contribution in [0.15, 0.2) is 43.1 Å². The molecule has 0 radical (unpaired) electrons. The maximum absolute atomic E-state index is 11.7. The van der Waals surface area contributed by atoms with Crippen molar-refractivity contribution in [3.8, 4) is 0 Å². The van der Waals surface area contributed by atoms with E-state index in [-0.39, 0.29) is 5.91 Å². The summed E-state index contributed by atoms with van der Waals surface area (Å²) in [6.07, 6.45) is 6.32. The van der Waals surface area contributed by atoms with Crippen LogP contribution in [0.3, 0.4) is 0 Å². The quantitative estimate of drug-likeness (QED) is 0.720. The molecule has 0 saturated heterocycles. The third-order valence-corrected chi connectivity index (χ3v) is 3.43. The van der Waals surface area contributed by atoms with Gasteiger partial charge in [-0.1, -0.05) is 18.2 Å². The second-order valence-corrected chi connectivity index (χ2v) is 4.87. The predicted octanol–water partition coefficient (Wildman–Crippen LogP) is 1.51. The summed E-state index contributed by atoms with van der Waals surface area (Å²) >= 11 is 0. The lowest BCUT2D eigenvalue weighted by molar-refractivity contribution is -0.121. The molecule has 6 heteroatoms. The molecule has 2 heterocycles. The summed E-state index contributed by atoms with van der Waals surface area (Å²) in [6.45, 7) is 1.19. The maximum Gasteiger partial charge on any atom is 0.221 e. The number of aryl methyl sites for hydroxylation is 1. The molecule has 0 unspecified atom stereocenters. The van der Waals surface area contributed by atoms with E-state index in [9.17, 15) is 4.79 Å². The lowest BCUT2D eigenvalue weighted by atomic mass is 10.1. The molecule has 0 fully saturated rings. The monoisotopic (exact) mass is 283 g/mol. The standard InChI is InChI=1S/C15H17N5O/c21-15(6-8-20-11-16-10-19-20)17-7-5-12-9-18-14-4-2-1-3-13(12)14/h1-4,9-11,18H,5-8H2,(H,17,21). The molecule has 2 aromatic heterocycles. The smallest absolute Gasteiger partial charge is 0.221 e. The molecular weight excluding hydrogens is 266 g/mol. The van der Waals surface area contributed by atoms with Gasteiger partial charge in [-0.3, -0.25) is 9.48 Å². The average Bonchev–Trinajstić information content (AvgIpc) is 3.15. The molecule has 0 spiro atoms. The third kappa shape index (κ3) is 3.28. The number of benzene rings is 1. The zero-order chi connectivity index (χ0) is 14.5. The number of aromatic amines is 1. The van der Waals surface area contributed by atoms with Crippen molar-refractivity contribution < 1.29 is 4.79 Å². The summed E-state index contributed by atoms with van der Waals surface area (Å²) in [4.78, 5) is 18.8. The minimum Gasteiger partial charge on any atom is -0.361 e. The van der Waals surface area contributed by atoms with Crippen LogP contribution in [0.1, 0.15) is 12.0 Å². The van der Waals surface area contributed by atoms with Crippen molar-refractivity contribution in [2.24, 2.45) is 0 Å². The summed E-state index contributed by atoms with van der Waals surface area (Å²) in [6, 6.07) is 8.17. The number of fused-ring (bicyclic) bond motifs is 1. The fourth-order valence-corrected chi connectivity index (χ4v) is 2.33. The van der Waals surface area contributed by atoms with E-state index in [1.807, 2.05) is 18.3 Å². The molecule has 0 aliphatic rings. The molecule has 0 aliphatic carbocycles. The fourth-order valence-electron chi connectivity index (χ4n) is 2.33. The Balaban J connectivity index is 1.46. The lowest BCUT2D eigenvalue weighted by Gasteiger charge is -2.05. The zero-order valence-corrected chi connectivity index (χ0v) is 11.6. The highest BCUT2D eigenvalue weighted by molar-refractivity contribution is 5.83. The summed E-state index contributed by atoms with van der Waals surface area (Å²) in [5.41, 5.74) is 2.35. The van der Waals surface area contributed by atoms with Gasteiger partial charge >= 0.3 is 0 Å². The molecular formula is C15H17N5O. The lowest BCUT2D eigenvalue weighted by Crippen LogP contribution is -2.26. The SMILES string of the molecule is O=C(CCn1cncn1)NCCc1c[nH]c2ccccc12. The molecule has 3 aromatic rings. The van der Waals surface area contributed by atoms with Crippen molar-refractivity contribution in [3.63, 3.8) is 0 Å². The Morgan fingerprint density at radius 3 is 3.10 bits per heavy atom. The number of hydrogen-bond donors (Lipinski definition) is 2. The highest BCUT2D eigenvalue weighted by Gasteiger charge is 2.05. The number of nitrogens with zero attached hydrogens (tertiary/aromatic N) is 3. The van der Waals surface area contributed by atoms with Crippen LogP contribution in [0, 0.1) is 0 Å². The van der Waals surface area contributed by atoms with E-state index in [1.165, 1.54) is 17.3 Å². The molecule has 2 N–H and O–H groups in total. The van der Waals surface area contributed by atoms with Crippen LogP contribution < -0.4 is 5.32 Å². The summed E-state index contributed by atoms with van der Waals surface area (Å²) in [5, 5.41) is 8.12. The van der Waals surface area contributed by atoms with Gasteiger partial charge in [0, 0.05) is 30.1 Å². The Hall–Kier alpha value is -2.63. The second-order valence-electron chi connectivity index (χ2n) is 4.87. The molecule has 6 nitrogen and oxygen atoms in total. The van der Waals surface area contributed by atoms with E-state index < -0.39 is 0 Å². The predicted molar refractivity (Wildman–Crippen MR) is 79.7 cm³/mol. The molecule has 21 heavy (non-hydrogen) atoms. The Morgan fingerprint density at radius 2 is 2.24 bits per heavy atom. The van der Waals surface area contributed by atoms with Gasteiger partial charge in [0.05, 0.1) is 6.54 Å². The first kappa shape index (κ1) is 13.4. The molecule has 0 atom stereocenters. The number of amides is 1. The van der Waals surface area contributed by atoms with Crippen LogP contribution in [-0.4, -0.2) is 32.2 Å². The van der Waals surface area contributed by atoms with Crippen LogP contribution >= 0.6 is 0 Å². The van der Waals surface area contributed by atoms with E-state index in [4.69, 9.17) is 0 Å². The Morgan fingerprint density at radius 1 is 1.33 bits per heavy atom. The molecule has 3 rings (SSSR count). The van der Waals surface area contributed by atoms with Gasteiger partial charge in [-0.25, -0.2) is 4.98 Å². The van der Waals surface area contributed by atoms with E-state index in [0.717, 1.165) is 11.9 Å². The molecule has 108 valence electrons. The van der Waals surface area contributed by atoms with Gasteiger partial charge in [-0.05, 0) is 18.1 Å². The largest absolute Gasteiger partial charge is 0.361 e. The second kappa shape index (κ2) is 6.21. The van der Waals surface area contributed by atoms with Gasteiger partial charge in [-0.2, -0.15) is 5.10 Å². The van der Waals surface area contributed by atoms with Crippen LogP contribution in [0.5, 0.6) is 0 Å². The van der Waals surface area contributed by atoms with Crippen molar-refractivity contribution >= 4 is 16.8 Å². The van der Waals surface area contributed by atoms with Gasteiger partial charge in [0.1, 0.15) is 12.7 Å². The summed E-state index contributed by atoms with van der Waals surface area (Å²) in [5.74, 6) is 0.0327. The molecule has 0 aliphatic heterocycles. The number of aromatic nitrogens is 4. The number of para-hydroxylation sites is 1. The average molecular weight is 283 g/mol. The maximum atomic E-state index is 11.7. The Labute approximate surface area is 122 Å². The molecule has 0 saturated carbocycles.